The minimum atomic E-state index is -3.07. The number of nitrogens with two attached hydrogens (primary N) is 1. The highest BCUT2D eigenvalue weighted by atomic mass is 32.2. The van der Waals surface area contributed by atoms with Crippen molar-refractivity contribution in [3.63, 3.8) is 0 Å². The third-order valence-corrected chi connectivity index (χ3v) is 6.40. The monoisotopic (exact) mass is 308 g/mol. The number of hydrogen-bond acceptors (Lipinski definition) is 5. The normalized spacial score (nSPS) is 26.1. The van der Waals surface area contributed by atoms with Crippen LogP contribution in [0.4, 0.5) is 0 Å². The summed E-state index contributed by atoms with van der Waals surface area (Å²) >= 11 is 1.72. The molecule has 0 aliphatic carbocycles. The van der Waals surface area contributed by atoms with E-state index in [1.165, 1.54) is 6.26 Å². The first-order chi connectivity index (χ1) is 8.59. The second-order valence-electron chi connectivity index (χ2n) is 6.48. The highest BCUT2D eigenvalue weighted by Crippen LogP contribution is 2.33. The van der Waals surface area contributed by atoms with Crippen LogP contribution in [0.3, 0.4) is 0 Å². The van der Waals surface area contributed by atoms with E-state index in [2.05, 4.69) is 32.6 Å². The lowest BCUT2D eigenvalue weighted by Crippen LogP contribution is -2.61. The number of rotatable bonds is 4. The summed E-state index contributed by atoms with van der Waals surface area (Å²) in [6, 6.07) is 0.102. The Hall–Kier alpha value is 0.220. The Balaban J connectivity index is 3.11. The molecule has 2 N–H and O–H groups in total. The first-order valence-corrected chi connectivity index (χ1v) is 9.98. The zero-order chi connectivity index (χ0) is 14.8. The molecule has 0 aromatic carbocycles. The second kappa shape index (κ2) is 6.33. The molecule has 0 bridgehead atoms. The van der Waals surface area contributed by atoms with Crippen molar-refractivity contribution in [3.05, 3.63) is 0 Å². The van der Waals surface area contributed by atoms with Crippen molar-refractivity contribution in [1.29, 1.82) is 0 Å². The van der Waals surface area contributed by atoms with Crippen LogP contribution in [-0.4, -0.2) is 55.1 Å². The van der Waals surface area contributed by atoms with E-state index >= 15 is 0 Å². The summed E-state index contributed by atoms with van der Waals surface area (Å²) < 4.78 is 24.1. The zero-order valence-corrected chi connectivity index (χ0v) is 14.4. The molecule has 4 nitrogen and oxygen atoms in total. The van der Waals surface area contributed by atoms with Crippen molar-refractivity contribution in [2.75, 3.05) is 24.3 Å². The van der Waals surface area contributed by atoms with Crippen molar-refractivity contribution >= 4 is 21.6 Å². The lowest BCUT2D eigenvalue weighted by molar-refractivity contribution is 0.0729. The SMILES string of the molecule is CCC(N)C(N1CCSCC1S(C)(=O)=O)C(C)(C)C. The van der Waals surface area contributed by atoms with E-state index in [1.807, 2.05) is 0 Å². The Morgan fingerprint density at radius 3 is 2.42 bits per heavy atom. The number of hydrogen-bond donors (Lipinski definition) is 1. The van der Waals surface area contributed by atoms with Gasteiger partial charge in [0.05, 0.1) is 0 Å². The van der Waals surface area contributed by atoms with E-state index in [-0.39, 0.29) is 17.5 Å². The molecule has 19 heavy (non-hydrogen) atoms. The summed E-state index contributed by atoms with van der Waals surface area (Å²) in [7, 11) is -3.07. The van der Waals surface area contributed by atoms with E-state index in [9.17, 15) is 8.42 Å². The van der Waals surface area contributed by atoms with E-state index < -0.39 is 15.2 Å². The molecule has 1 aliphatic rings. The molecule has 6 heteroatoms. The molecule has 0 spiro atoms. The molecule has 0 aromatic heterocycles. The van der Waals surface area contributed by atoms with Gasteiger partial charge in [-0.1, -0.05) is 27.7 Å². The number of nitrogens with zero attached hydrogens (tertiary/aromatic N) is 1. The van der Waals surface area contributed by atoms with E-state index in [0.717, 1.165) is 18.7 Å². The summed E-state index contributed by atoms with van der Waals surface area (Å²) in [6.45, 7) is 9.31. The highest BCUT2D eigenvalue weighted by molar-refractivity contribution is 8.00. The predicted octanol–water partition coefficient (Wildman–Crippen LogP) is 1.56. The molecule has 3 atom stereocenters. The Kier molecular flexibility index (Phi) is 5.75. The van der Waals surface area contributed by atoms with Gasteiger partial charge in [-0.2, -0.15) is 11.8 Å². The van der Waals surface area contributed by atoms with Gasteiger partial charge in [0, 0.05) is 36.4 Å². The minimum Gasteiger partial charge on any atom is -0.326 e. The van der Waals surface area contributed by atoms with Crippen LogP contribution in [0.1, 0.15) is 34.1 Å². The van der Waals surface area contributed by atoms with Crippen LogP contribution < -0.4 is 5.73 Å². The van der Waals surface area contributed by atoms with Gasteiger partial charge in [0.25, 0.3) is 0 Å². The summed E-state index contributed by atoms with van der Waals surface area (Å²) in [5.41, 5.74) is 6.27. The molecule has 1 saturated heterocycles. The topological polar surface area (TPSA) is 63.4 Å². The van der Waals surface area contributed by atoms with Gasteiger partial charge < -0.3 is 5.73 Å². The van der Waals surface area contributed by atoms with Crippen LogP contribution >= 0.6 is 11.8 Å². The summed E-state index contributed by atoms with van der Waals surface area (Å²) in [6.07, 6.45) is 2.20. The Bertz CT molecular complexity index is 390. The largest absolute Gasteiger partial charge is 0.326 e. The van der Waals surface area contributed by atoms with Crippen LogP contribution in [0.2, 0.25) is 0 Å². The van der Waals surface area contributed by atoms with Crippen LogP contribution in [0.5, 0.6) is 0 Å². The third kappa shape index (κ3) is 4.34. The van der Waals surface area contributed by atoms with Gasteiger partial charge in [-0.3, -0.25) is 4.90 Å². The van der Waals surface area contributed by atoms with Crippen molar-refractivity contribution in [2.24, 2.45) is 11.1 Å². The van der Waals surface area contributed by atoms with Gasteiger partial charge in [0.2, 0.25) is 0 Å². The lowest BCUT2D eigenvalue weighted by atomic mass is 9.80. The number of thioether (sulfide) groups is 1. The smallest absolute Gasteiger partial charge is 0.164 e. The van der Waals surface area contributed by atoms with Crippen LogP contribution in [-0.2, 0) is 9.84 Å². The molecule has 0 amide bonds. The fourth-order valence-electron chi connectivity index (χ4n) is 2.89. The Morgan fingerprint density at radius 1 is 1.42 bits per heavy atom. The maximum atomic E-state index is 12.0. The van der Waals surface area contributed by atoms with E-state index in [0.29, 0.717) is 5.75 Å². The van der Waals surface area contributed by atoms with Crippen molar-refractivity contribution in [3.8, 4) is 0 Å². The highest BCUT2D eigenvalue weighted by Gasteiger charge is 2.42. The van der Waals surface area contributed by atoms with Gasteiger partial charge in [-0.15, -0.1) is 0 Å². The fraction of sp³-hybridized carbons (Fsp3) is 1.00. The zero-order valence-electron chi connectivity index (χ0n) is 12.7. The maximum absolute atomic E-state index is 12.0. The molecular weight excluding hydrogens is 280 g/mol. The first kappa shape index (κ1) is 17.3. The average Bonchev–Trinajstić information content (AvgIpc) is 2.26. The fourth-order valence-corrected chi connectivity index (χ4v) is 5.80. The first-order valence-electron chi connectivity index (χ1n) is 6.87. The third-order valence-electron chi connectivity index (χ3n) is 3.74. The number of sulfone groups is 1. The summed E-state index contributed by atoms with van der Waals surface area (Å²) in [5.74, 6) is 1.64. The molecule has 1 heterocycles. The molecule has 3 unspecified atom stereocenters. The van der Waals surface area contributed by atoms with E-state index in [1.54, 1.807) is 11.8 Å². The van der Waals surface area contributed by atoms with Crippen molar-refractivity contribution < 1.29 is 8.42 Å². The van der Waals surface area contributed by atoms with Crippen LogP contribution in [0, 0.1) is 5.41 Å². The Labute approximate surface area is 122 Å². The minimum absolute atomic E-state index is 0.00681. The molecule has 0 radical (unpaired) electrons. The molecule has 1 fully saturated rings. The van der Waals surface area contributed by atoms with Gasteiger partial charge in [0.1, 0.15) is 5.37 Å². The van der Waals surface area contributed by atoms with Crippen molar-refractivity contribution in [1.82, 2.24) is 4.90 Å². The predicted molar refractivity (Wildman–Crippen MR) is 84.2 cm³/mol. The van der Waals surface area contributed by atoms with Crippen LogP contribution in [0.25, 0.3) is 0 Å². The molecule has 114 valence electrons. The molecule has 1 aliphatic heterocycles. The van der Waals surface area contributed by atoms with E-state index in [4.69, 9.17) is 5.73 Å². The molecular formula is C13H28N2O2S2. The molecule has 1 rings (SSSR count). The standard InChI is InChI=1S/C13H28N2O2S2/c1-6-10(14)12(13(2,3)4)15-7-8-18-9-11(15)19(5,16)17/h10-12H,6-9,14H2,1-5H3. The van der Waals surface area contributed by atoms with Gasteiger partial charge in [-0.25, -0.2) is 8.42 Å². The molecule has 0 saturated carbocycles. The molecule has 0 aromatic rings. The van der Waals surface area contributed by atoms with Gasteiger partial charge in [-0.05, 0) is 11.8 Å². The van der Waals surface area contributed by atoms with Crippen LogP contribution in [0.15, 0.2) is 0 Å². The quantitative estimate of drug-likeness (QED) is 0.854. The second-order valence-corrected chi connectivity index (χ2v) is 9.83. The van der Waals surface area contributed by atoms with Crippen molar-refractivity contribution in [2.45, 2.75) is 51.6 Å². The lowest BCUT2D eigenvalue weighted by Gasteiger charge is -2.48. The van der Waals surface area contributed by atoms with Gasteiger partial charge >= 0.3 is 0 Å². The summed E-state index contributed by atoms with van der Waals surface area (Å²) in [4.78, 5) is 2.14. The maximum Gasteiger partial charge on any atom is 0.164 e. The Morgan fingerprint density at radius 2 is 2.00 bits per heavy atom. The average molecular weight is 309 g/mol. The van der Waals surface area contributed by atoms with Gasteiger partial charge in [0.15, 0.2) is 9.84 Å². The summed E-state index contributed by atoms with van der Waals surface area (Å²) in [5, 5.41) is -0.395.